The van der Waals surface area contributed by atoms with E-state index in [9.17, 15) is 18.5 Å². The Bertz CT molecular complexity index is 1220. The summed E-state index contributed by atoms with van der Waals surface area (Å²) in [5.41, 5.74) is 4.48. The highest BCUT2D eigenvalue weighted by Gasteiger charge is 2.29. The number of hydrogen-bond acceptors (Lipinski definition) is 7. The van der Waals surface area contributed by atoms with Gasteiger partial charge in [-0.25, -0.2) is 8.42 Å². The summed E-state index contributed by atoms with van der Waals surface area (Å²) < 4.78 is 32.2. The molecular weight excluding hydrogens is 456 g/mol. The normalized spacial score (nSPS) is 15.0. The monoisotopic (exact) mass is 480 g/mol. The zero-order chi connectivity index (χ0) is 24.0. The number of ether oxygens (including phenoxy) is 1. The van der Waals surface area contributed by atoms with Crippen LogP contribution >= 0.6 is 0 Å². The lowest BCUT2D eigenvalue weighted by Gasteiger charge is -2.26. The molecule has 34 heavy (non-hydrogen) atoms. The number of hydrazone groups is 1. The molecule has 10 heteroatoms. The van der Waals surface area contributed by atoms with E-state index in [2.05, 4.69) is 10.5 Å². The van der Waals surface area contributed by atoms with E-state index < -0.39 is 14.9 Å². The van der Waals surface area contributed by atoms with Crippen LogP contribution in [-0.2, 0) is 14.8 Å². The molecule has 0 amide bonds. The maximum Gasteiger partial charge on any atom is 0.295 e. The van der Waals surface area contributed by atoms with Crippen molar-refractivity contribution in [2.45, 2.75) is 10.8 Å². The van der Waals surface area contributed by atoms with Crippen LogP contribution in [0.1, 0.15) is 17.0 Å². The van der Waals surface area contributed by atoms with E-state index in [1.807, 2.05) is 60.7 Å². The number of anilines is 1. The van der Waals surface area contributed by atoms with Crippen LogP contribution in [0.4, 0.5) is 11.4 Å². The van der Waals surface area contributed by atoms with Crippen molar-refractivity contribution in [1.82, 2.24) is 4.31 Å². The highest BCUT2D eigenvalue weighted by atomic mass is 32.2. The molecule has 0 bridgehead atoms. The molecule has 3 aromatic carbocycles. The van der Waals surface area contributed by atoms with Gasteiger partial charge in [0.15, 0.2) is 0 Å². The highest BCUT2D eigenvalue weighted by molar-refractivity contribution is 7.89. The van der Waals surface area contributed by atoms with Crippen LogP contribution in [0.25, 0.3) is 0 Å². The van der Waals surface area contributed by atoms with Crippen LogP contribution < -0.4 is 5.43 Å². The molecule has 1 fully saturated rings. The van der Waals surface area contributed by atoms with E-state index in [1.165, 1.54) is 16.4 Å². The van der Waals surface area contributed by atoms with E-state index in [0.717, 1.165) is 17.2 Å². The summed E-state index contributed by atoms with van der Waals surface area (Å²) in [6, 6.07) is 23.3. The van der Waals surface area contributed by atoms with E-state index >= 15 is 0 Å². The molecule has 1 aliphatic heterocycles. The lowest BCUT2D eigenvalue weighted by atomic mass is 9.92. The molecule has 1 aliphatic rings. The van der Waals surface area contributed by atoms with Crippen molar-refractivity contribution < 1.29 is 18.1 Å². The number of nitrogens with one attached hydrogen (secondary N) is 1. The zero-order valence-electron chi connectivity index (χ0n) is 18.3. The standard InChI is InChI=1S/C24H24N4O5S/c29-28(30)24-17-21(34(31,32)27-13-15-33-16-14-27)11-12-23(24)26-25-18-22(19-7-3-1-4-8-19)20-9-5-2-6-10-20/h1-12,17-18,22,26H,13-16H2/b25-18+. The fourth-order valence-corrected chi connectivity index (χ4v) is 5.15. The van der Waals surface area contributed by atoms with Gasteiger partial charge in [-0.3, -0.25) is 15.5 Å². The Morgan fingerprint density at radius 1 is 0.971 bits per heavy atom. The number of nitro benzene ring substituents is 1. The van der Waals surface area contributed by atoms with Gasteiger partial charge in [-0.15, -0.1) is 0 Å². The maximum atomic E-state index is 12.9. The first kappa shape index (κ1) is 23.6. The van der Waals surface area contributed by atoms with Crippen LogP contribution in [0.3, 0.4) is 0 Å². The fourth-order valence-electron chi connectivity index (χ4n) is 3.72. The first-order valence-corrected chi connectivity index (χ1v) is 12.2. The number of hydrogen-bond donors (Lipinski definition) is 1. The van der Waals surface area contributed by atoms with Gasteiger partial charge in [-0.1, -0.05) is 60.7 Å². The first-order chi connectivity index (χ1) is 16.5. The summed E-state index contributed by atoms with van der Waals surface area (Å²) in [5, 5.41) is 16.0. The van der Waals surface area contributed by atoms with Crippen molar-refractivity contribution in [2.24, 2.45) is 5.10 Å². The number of sulfonamides is 1. The van der Waals surface area contributed by atoms with Gasteiger partial charge in [-0.05, 0) is 23.3 Å². The third kappa shape index (κ3) is 5.30. The quantitative estimate of drug-likeness (QED) is 0.298. The number of nitrogens with zero attached hydrogens (tertiary/aromatic N) is 3. The van der Waals surface area contributed by atoms with Crippen molar-refractivity contribution in [3.05, 3.63) is 100 Å². The molecule has 0 saturated carbocycles. The van der Waals surface area contributed by atoms with Crippen molar-refractivity contribution in [3.63, 3.8) is 0 Å². The summed E-state index contributed by atoms with van der Waals surface area (Å²) in [5.74, 6) is -0.171. The average Bonchev–Trinajstić information content (AvgIpc) is 2.88. The largest absolute Gasteiger partial charge is 0.379 e. The predicted octanol–water partition coefficient (Wildman–Crippen LogP) is 3.85. The topological polar surface area (TPSA) is 114 Å². The van der Waals surface area contributed by atoms with Crippen LogP contribution in [0.2, 0.25) is 0 Å². The lowest BCUT2D eigenvalue weighted by Crippen LogP contribution is -2.40. The second-order valence-electron chi connectivity index (χ2n) is 7.64. The Labute approximate surface area is 197 Å². The minimum Gasteiger partial charge on any atom is -0.379 e. The molecule has 0 aliphatic carbocycles. The Morgan fingerprint density at radius 3 is 2.12 bits per heavy atom. The number of nitro groups is 1. The van der Waals surface area contributed by atoms with Gasteiger partial charge in [0, 0.05) is 31.3 Å². The molecule has 0 radical (unpaired) electrons. The van der Waals surface area contributed by atoms with Gasteiger partial charge in [0.2, 0.25) is 10.0 Å². The predicted molar refractivity (Wildman–Crippen MR) is 130 cm³/mol. The van der Waals surface area contributed by atoms with Crippen LogP contribution in [0.15, 0.2) is 88.9 Å². The molecule has 0 spiro atoms. The number of rotatable bonds is 8. The third-order valence-corrected chi connectivity index (χ3v) is 7.39. The van der Waals surface area contributed by atoms with Crippen molar-refractivity contribution in [3.8, 4) is 0 Å². The lowest BCUT2D eigenvalue weighted by molar-refractivity contribution is -0.384. The second-order valence-corrected chi connectivity index (χ2v) is 9.58. The summed E-state index contributed by atoms with van der Waals surface area (Å²) in [4.78, 5) is 10.9. The van der Waals surface area contributed by atoms with E-state index in [1.54, 1.807) is 6.21 Å². The van der Waals surface area contributed by atoms with Crippen LogP contribution in [0, 0.1) is 10.1 Å². The molecule has 176 valence electrons. The molecule has 9 nitrogen and oxygen atoms in total. The summed E-state index contributed by atoms with van der Waals surface area (Å²) in [7, 11) is -3.86. The Hall–Kier alpha value is -3.60. The molecule has 3 aromatic rings. The van der Waals surface area contributed by atoms with Crippen LogP contribution in [-0.4, -0.2) is 50.2 Å². The van der Waals surface area contributed by atoms with Crippen molar-refractivity contribution in [2.75, 3.05) is 31.7 Å². The smallest absolute Gasteiger partial charge is 0.295 e. The van der Waals surface area contributed by atoms with Gasteiger partial charge in [0.25, 0.3) is 5.69 Å². The van der Waals surface area contributed by atoms with Crippen molar-refractivity contribution in [1.29, 1.82) is 0 Å². The summed E-state index contributed by atoms with van der Waals surface area (Å²) in [6.45, 7) is 1.00. The van der Waals surface area contributed by atoms with E-state index in [0.29, 0.717) is 13.2 Å². The molecule has 0 atom stereocenters. The minimum atomic E-state index is -3.86. The van der Waals surface area contributed by atoms with E-state index in [-0.39, 0.29) is 35.3 Å². The second kappa shape index (κ2) is 10.6. The molecule has 0 unspecified atom stereocenters. The number of morpholine rings is 1. The van der Waals surface area contributed by atoms with Gasteiger partial charge < -0.3 is 4.74 Å². The minimum absolute atomic E-state index is 0.0991. The van der Waals surface area contributed by atoms with Gasteiger partial charge in [0.1, 0.15) is 5.69 Å². The van der Waals surface area contributed by atoms with Gasteiger partial charge in [-0.2, -0.15) is 9.41 Å². The van der Waals surface area contributed by atoms with Gasteiger partial charge >= 0.3 is 0 Å². The molecule has 0 aromatic heterocycles. The fraction of sp³-hybridized carbons (Fsp3) is 0.208. The van der Waals surface area contributed by atoms with Crippen LogP contribution in [0.5, 0.6) is 0 Å². The zero-order valence-corrected chi connectivity index (χ0v) is 19.1. The average molecular weight is 481 g/mol. The summed E-state index contributed by atoms with van der Waals surface area (Å²) in [6.07, 6.45) is 1.67. The Kier molecular flexibility index (Phi) is 7.31. The molecular formula is C24H24N4O5S. The Morgan fingerprint density at radius 2 is 1.56 bits per heavy atom. The summed E-state index contributed by atoms with van der Waals surface area (Å²) >= 11 is 0. The van der Waals surface area contributed by atoms with Gasteiger partial charge in [0.05, 0.1) is 23.0 Å². The molecule has 1 heterocycles. The SMILES string of the molecule is O=[N+]([O-])c1cc(S(=O)(=O)N2CCOCC2)ccc1N/N=C/C(c1ccccc1)c1ccccc1. The van der Waals surface area contributed by atoms with Crippen molar-refractivity contribution >= 4 is 27.6 Å². The molecule has 1 saturated heterocycles. The third-order valence-electron chi connectivity index (χ3n) is 5.50. The number of benzene rings is 3. The first-order valence-electron chi connectivity index (χ1n) is 10.7. The maximum absolute atomic E-state index is 12.9. The molecule has 4 rings (SSSR count). The molecule has 1 N–H and O–H groups in total. The van der Waals surface area contributed by atoms with E-state index in [4.69, 9.17) is 4.74 Å². The Balaban J connectivity index is 1.60. The highest BCUT2D eigenvalue weighted by Crippen LogP contribution is 2.30.